The summed E-state index contributed by atoms with van der Waals surface area (Å²) in [5, 5.41) is 14.4. The molecule has 0 saturated carbocycles. The van der Waals surface area contributed by atoms with Crippen LogP contribution in [-0.4, -0.2) is 31.0 Å². The molecule has 8 nitrogen and oxygen atoms in total. The molecule has 0 saturated heterocycles. The highest BCUT2D eigenvalue weighted by atomic mass is 19.4. The summed E-state index contributed by atoms with van der Waals surface area (Å²) in [6, 6.07) is 6.84. The van der Waals surface area contributed by atoms with Crippen LogP contribution in [0.2, 0.25) is 0 Å². The highest BCUT2D eigenvalue weighted by molar-refractivity contribution is 5.59. The number of nitrogens with zero attached hydrogens (tertiary/aromatic N) is 6. The second-order valence-electron chi connectivity index (χ2n) is 6.65. The smallest absolute Gasteiger partial charge is 0.339 e. The Morgan fingerprint density at radius 1 is 0.969 bits per heavy atom. The maximum Gasteiger partial charge on any atom is 0.433 e. The lowest BCUT2D eigenvalue weighted by Gasteiger charge is -2.13. The van der Waals surface area contributed by atoms with Crippen LogP contribution in [0, 0.1) is 11.3 Å². The summed E-state index contributed by atoms with van der Waals surface area (Å²) < 4.78 is 66.2. The Morgan fingerprint density at radius 3 is 2.34 bits per heavy atom. The van der Waals surface area contributed by atoms with Gasteiger partial charge >= 0.3 is 6.18 Å². The van der Waals surface area contributed by atoms with Gasteiger partial charge in [-0.25, -0.2) is 4.98 Å². The van der Waals surface area contributed by atoms with Gasteiger partial charge in [0.05, 0.1) is 6.07 Å². The number of hydrogen-bond acceptors (Lipinski definition) is 8. The molecule has 3 heterocycles. The van der Waals surface area contributed by atoms with E-state index < -0.39 is 29.5 Å². The van der Waals surface area contributed by atoms with Crippen molar-refractivity contribution in [3.63, 3.8) is 0 Å². The number of aromatic nitrogens is 5. The van der Waals surface area contributed by atoms with Crippen LogP contribution in [0.4, 0.5) is 39.5 Å². The van der Waals surface area contributed by atoms with E-state index in [1.54, 1.807) is 0 Å². The lowest BCUT2D eigenvalue weighted by Crippen LogP contribution is -2.16. The third-order valence-electron chi connectivity index (χ3n) is 3.91. The molecule has 166 valence electrons. The van der Waals surface area contributed by atoms with Crippen LogP contribution in [-0.2, 0) is 12.1 Å². The summed E-state index contributed by atoms with van der Waals surface area (Å²) in [7, 11) is 0. The Hall–Kier alpha value is -3.95. The average Bonchev–Trinajstić information content (AvgIpc) is 2.72. The largest absolute Gasteiger partial charge is 0.433 e. The number of hydrogen-bond donors (Lipinski definition) is 2. The minimum atomic E-state index is -4.68. The quantitative estimate of drug-likeness (QED) is 0.527. The Labute approximate surface area is 178 Å². The number of nitriles is 1. The van der Waals surface area contributed by atoms with Crippen LogP contribution in [0.3, 0.4) is 0 Å². The third kappa shape index (κ3) is 5.60. The van der Waals surface area contributed by atoms with E-state index in [2.05, 4.69) is 35.6 Å². The maximum atomic E-state index is 13.6. The van der Waals surface area contributed by atoms with Crippen molar-refractivity contribution in [2.75, 3.05) is 10.6 Å². The molecule has 0 aliphatic carbocycles. The molecule has 3 aromatic rings. The van der Waals surface area contributed by atoms with Crippen molar-refractivity contribution >= 4 is 17.6 Å². The Morgan fingerprint density at radius 2 is 1.69 bits per heavy atom. The first-order chi connectivity index (χ1) is 15.0. The molecule has 3 rings (SSSR count). The summed E-state index contributed by atoms with van der Waals surface area (Å²) in [4.78, 5) is 19.3. The predicted molar refractivity (Wildman–Crippen MR) is 104 cm³/mol. The van der Waals surface area contributed by atoms with E-state index in [0.717, 1.165) is 24.4 Å². The lowest BCUT2D eigenvalue weighted by molar-refractivity contribution is -0.141. The van der Waals surface area contributed by atoms with Gasteiger partial charge in [-0.15, -0.1) is 0 Å². The first-order valence-electron chi connectivity index (χ1n) is 9.04. The van der Waals surface area contributed by atoms with Crippen molar-refractivity contribution in [1.29, 1.82) is 5.26 Å². The van der Waals surface area contributed by atoms with E-state index in [1.165, 1.54) is 19.1 Å². The van der Waals surface area contributed by atoms with Crippen LogP contribution >= 0.6 is 0 Å². The first-order valence-corrected chi connectivity index (χ1v) is 9.04. The number of nitrogens with one attached hydrogen (secondary N) is 2. The van der Waals surface area contributed by atoms with Crippen molar-refractivity contribution in [2.24, 2.45) is 0 Å². The summed E-state index contributed by atoms with van der Waals surface area (Å²) >= 11 is 0. The van der Waals surface area contributed by atoms with Gasteiger partial charge in [0.25, 0.3) is 5.92 Å². The minimum Gasteiger partial charge on any atom is -0.339 e. The Kier molecular flexibility index (Phi) is 6.15. The van der Waals surface area contributed by atoms with Crippen LogP contribution < -0.4 is 10.6 Å². The standard InChI is InChI=1S/C19H15F5N8/c1-10(9-25)27-16-30-15(12-4-3-5-13(29-12)19(22,23)24)31-17(32-16)28-11-6-7-26-14(8-11)18(2,20)21/h3-8,10H,1-2H3,(H2,26,27,28,30,31,32). The summed E-state index contributed by atoms with van der Waals surface area (Å²) in [6.07, 6.45) is -3.53. The predicted octanol–water partition coefficient (Wildman–Crippen LogP) is 4.53. The first kappa shape index (κ1) is 22.7. The molecule has 0 amide bonds. The van der Waals surface area contributed by atoms with Gasteiger partial charge in [-0.2, -0.15) is 42.2 Å². The van der Waals surface area contributed by atoms with Crippen molar-refractivity contribution in [3.05, 3.63) is 47.9 Å². The van der Waals surface area contributed by atoms with Gasteiger partial charge in [0.1, 0.15) is 23.1 Å². The Balaban J connectivity index is 2.04. The zero-order valence-corrected chi connectivity index (χ0v) is 16.6. The van der Waals surface area contributed by atoms with E-state index in [-0.39, 0.29) is 29.1 Å². The second kappa shape index (κ2) is 8.66. The normalized spacial score (nSPS) is 12.7. The fraction of sp³-hybridized carbons (Fsp3) is 0.263. The monoisotopic (exact) mass is 450 g/mol. The minimum absolute atomic E-state index is 0.124. The molecular formula is C19H15F5N8. The van der Waals surface area contributed by atoms with Gasteiger partial charge in [0.15, 0.2) is 5.82 Å². The molecule has 0 fully saturated rings. The SMILES string of the molecule is CC(C#N)Nc1nc(Nc2ccnc(C(C)(F)F)c2)nc(-c2cccc(C(F)(F)F)n2)n1. The van der Waals surface area contributed by atoms with E-state index in [9.17, 15) is 22.0 Å². The molecule has 3 aromatic heterocycles. The molecule has 0 aromatic carbocycles. The summed E-state index contributed by atoms with van der Waals surface area (Å²) in [5.74, 6) is -3.71. The van der Waals surface area contributed by atoms with Crippen molar-refractivity contribution in [3.8, 4) is 17.6 Å². The summed E-state index contributed by atoms with van der Waals surface area (Å²) in [5.41, 5.74) is -1.69. The van der Waals surface area contributed by atoms with Gasteiger partial charge in [-0.3, -0.25) is 4.98 Å². The van der Waals surface area contributed by atoms with Crippen molar-refractivity contribution in [2.45, 2.75) is 32.0 Å². The Bertz CT molecular complexity index is 1150. The molecule has 0 spiro atoms. The van der Waals surface area contributed by atoms with E-state index in [0.29, 0.717) is 6.92 Å². The molecule has 1 unspecified atom stereocenters. The third-order valence-corrected chi connectivity index (χ3v) is 3.91. The van der Waals surface area contributed by atoms with Gasteiger partial charge in [-0.1, -0.05) is 6.07 Å². The van der Waals surface area contributed by atoms with Crippen LogP contribution in [0.15, 0.2) is 36.5 Å². The van der Waals surface area contributed by atoms with Gasteiger partial charge in [0, 0.05) is 18.8 Å². The zero-order chi connectivity index (χ0) is 23.5. The van der Waals surface area contributed by atoms with E-state index >= 15 is 0 Å². The number of rotatable bonds is 6. The fourth-order valence-corrected chi connectivity index (χ4v) is 2.43. The fourth-order valence-electron chi connectivity index (χ4n) is 2.43. The zero-order valence-electron chi connectivity index (χ0n) is 16.6. The summed E-state index contributed by atoms with van der Waals surface area (Å²) in [6.45, 7) is 2.20. The molecule has 0 radical (unpaired) electrons. The highest BCUT2D eigenvalue weighted by Gasteiger charge is 2.33. The number of anilines is 3. The molecule has 0 aliphatic heterocycles. The van der Waals surface area contributed by atoms with Gasteiger partial charge in [0.2, 0.25) is 11.9 Å². The molecule has 0 aliphatic rings. The maximum absolute atomic E-state index is 13.6. The molecule has 32 heavy (non-hydrogen) atoms. The van der Waals surface area contributed by atoms with Crippen molar-refractivity contribution < 1.29 is 22.0 Å². The molecule has 0 bridgehead atoms. The topological polar surface area (TPSA) is 112 Å². The van der Waals surface area contributed by atoms with Crippen LogP contribution in [0.25, 0.3) is 11.5 Å². The number of alkyl halides is 5. The van der Waals surface area contributed by atoms with Gasteiger partial charge in [-0.05, 0) is 31.2 Å². The second-order valence-corrected chi connectivity index (χ2v) is 6.65. The van der Waals surface area contributed by atoms with Crippen LogP contribution in [0.5, 0.6) is 0 Å². The number of halogens is 5. The van der Waals surface area contributed by atoms with Crippen LogP contribution in [0.1, 0.15) is 25.2 Å². The van der Waals surface area contributed by atoms with Gasteiger partial charge < -0.3 is 10.6 Å². The number of pyridine rings is 2. The molecule has 13 heteroatoms. The average molecular weight is 450 g/mol. The molecule has 1 atom stereocenters. The highest BCUT2D eigenvalue weighted by Crippen LogP contribution is 2.30. The molecular weight excluding hydrogens is 435 g/mol. The molecule has 2 N–H and O–H groups in total. The van der Waals surface area contributed by atoms with Crippen molar-refractivity contribution in [1.82, 2.24) is 24.9 Å². The van der Waals surface area contributed by atoms with E-state index in [1.807, 2.05) is 6.07 Å². The van der Waals surface area contributed by atoms with E-state index in [4.69, 9.17) is 5.26 Å². The lowest BCUT2D eigenvalue weighted by atomic mass is 10.2.